The van der Waals surface area contributed by atoms with E-state index in [2.05, 4.69) is 109 Å². The molecule has 5 aromatic carbocycles. The highest BCUT2D eigenvalue weighted by atomic mass is 16.5. The standard InChI is InChI=1S/C42H40O5/c1-45-40(42(43)44)29-33-14-20-37(21-15-33)46-24-25-47-41-38-22-16-32(13-12-30-8-4-2-5-9-30)27-35(38)18-19-36-28-34(17-23-39(36)41)26-31-10-6-3-7-11-31/h2-11,14-23,27-28,40-41H,12-13,24-26,29H2,1H3,(H,43,44). The van der Waals surface area contributed by atoms with Crippen LogP contribution in [0.1, 0.15) is 56.2 Å². The van der Waals surface area contributed by atoms with Crippen molar-refractivity contribution in [3.63, 3.8) is 0 Å². The lowest BCUT2D eigenvalue weighted by Crippen LogP contribution is -2.24. The van der Waals surface area contributed by atoms with Crippen LogP contribution >= 0.6 is 0 Å². The Morgan fingerprint density at radius 3 is 1.87 bits per heavy atom. The molecule has 0 amide bonds. The molecule has 0 aliphatic heterocycles. The van der Waals surface area contributed by atoms with Gasteiger partial charge < -0.3 is 19.3 Å². The fraction of sp³-hybridized carbons (Fsp3) is 0.214. The molecule has 6 rings (SSSR count). The van der Waals surface area contributed by atoms with Crippen LogP contribution in [0.3, 0.4) is 0 Å². The van der Waals surface area contributed by atoms with Gasteiger partial charge in [0.25, 0.3) is 0 Å². The number of carbonyl (C=O) groups is 1. The minimum absolute atomic E-state index is 0.239. The van der Waals surface area contributed by atoms with Gasteiger partial charge in [0.15, 0.2) is 6.10 Å². The Balaban J connectivity index is 1.18. The topological polar surface area (TPSA) is 65.0 Å². The Bertz CT molecular complexity index is 1800. The van der Waals surface area contributed by atoms with E-state index in [0.29, 0.717) is 25.4 Å². The smallest absolute Gasteiger partial charge is 0.333 e. The van der Waals surface area contributed by atoms with E-state index in [-0.39, 0.29) is 6.10 Å². The molecule has 47 heavy (non-hydrogen) atoms. The van der Waals surface area contributed by atoms with E-state index in [1.165, 1.54) is 34.9 Å². The molecule has 2 unspecified atom stereocenters. The van der Waals surface area contributed by atoms with Gasteiger partial charge in [0.1, 0.15) is 18.5 Å². The number of ether oxygens (including phenoxy) is 3. The summed E-state index contributed by atoms with van der Waals surface area (Å²) < 4.78 is 17.7. The van der Waals surface area contributed by atoms with E-state index in [1.54, 1.807) is 0 Å². The number of methoxy groups -OCH3 is 1. The van der Waals surface area contributed by atoms with E-state index < -0.39 is 12.1 Å². The quantitative estimate of drug-likeness (QED) is 0.126. The van der Waals surface area contributed by atoms with Crippen LogP contribution in [0.5, 0.6) is 5.75 Å². The van der Waals surface area contributed by atoms with Gasteiger partial charge in [0.2, 0.25) is 0 Å². The molecule has 0 bridgehead atoms. The number of rotatable bonds is 14. The molecule has 1 aliphatic carbocycles. The van der Waals surface area contributed by atoms with E-state index in [0.717, 1.165) is 41.5 Å². The van der Waals surface area contributed by atoms with E-state index in [1.807, 2.05) is 24.3 Å². The average Bonchev–Trinajstić information content (AvgIpc) is 3.25. The first kappa shape index (κ1) is 32.0. The van der Waals surface area contributed by atoms with Crippen molar-refractivity contribution in [3.05, 3.63) is 171 Å². The average molecular weight is 625 g/mol. The Morgan fingerprint density at radius 2 is 1.23 bits per heavy atom. The maximum absolute atomic E-state index is 11.3. The molecule has 1 N–H and O–H groups in total. The number of hydrogen-bond acceptors (Lipinski definition) is 4. The second kappa shape index (κ2) is 15.5. The highest BCUT2D eigenvalue weighted by Gasteiger charge is 2.23. The van der Waals surface area contributed by atoms with Crippen molar-refractivity contribution in [2.45, 2.75) is 37.9 Å². The minimum Gasteiger partial charge on any atom is -0.491 e. The molecule has 5 heteroatoms. The van der Waals surface area contributed by atoms with E-state index >= 15 is 0 Å². The fourth-order valence-electron chi connectivity index (χ4n) is 6.10. The predicted octanol–water partition coefficient (Wildman–Crippen LogP) is 8.37. The maximum atomic E-state index is 11.3. The first-order chi connectivity index (χ1) is 23.1. The summed E-state index contributed by atoms with van der Waals surface area (Å²) in [7, 11) is 1.41. The third-order valence-corrected chi connectivity index (χ3v) is 8.65. The Kier molecular flexibility index (Phi) is 10.6. The normalized spacial score (nSPS) is 14.1. The zero-order valence-electron chi connectivity index (χ0n) is 26.7. The largest absolute Gasteiger partial charge is 0.491 e. The van der Waals surface area contributed by atoms with Crippen molar-refractivity contribution in [2.75, 3.05) is 20.3 Å². The van der Waals surface area contributed by atoms with E-state index in [9.17, 15) is 9.90 Å². The fourth-order valence-corrected chi connectivity index (χ4v) is 6.10. The highest BCUT2D eigenvalue weighted by molar-refractivity contribution is 5.77. The van der Waals surface area contributed by atoms with Crippen molar-refractivity contribution in [1.82, 2.24) is 0 Å². The van der Waals surface area contributed by atoms with Gasteiger partial charge in [-0.15, -0.1) is 0 Å². The molecule has 0 radical (unpaired) electrons. The number of hydrogen-bond donors (Lipinski definition) is 1. The molecule has 0 heterocycles. The van der Waals surface area contributed by atoms with Crippen molar-refractivity contribution >= 4 is 18.1 Å². The summed E-state index contributed by atoms with van der Waals surface area (Å²) in [5, 5.41) is 9.27. The molecule has 238 valence electrons. The van der Waals surface area contributed by atoms with Crippen LogP contribution in [0.25, 0.3) is 12.2 Å². The summed E-state index contributed by atoms with van der Waals surface area (Å²) >= 11 is 0. The van der Waals surface area contributed by atoms with Gasteiger partial charge in [-0.1, -0.05) is 121 Å². The molecule has 5 nitrogen and oxygen atoms in total. The van der Waals surface area contributed by atoms with E-state index in [4.69, 9.17) is 14.2 Å². The summed E-state index contributed by atoms with van der Waals surface area (Å²) in [5.41, 5.74) is 10.7. The van der Waals surface area contributed by atoms with Crippen LogP contribution in [0, 0.1) is 0 Å². The van der Waals surface area contributed by atoms with Gasteiger partial charge in [0, 0.05) is 13.5 Å². The zero-order chi connectivity index (χ0) is 32.4. The number of aliphatic carboxylic acids is 1. The molecule has 2 atom stereocenters. The summed E-state index contributed by atoms with van der Waals surface area (Å²) in [5.74, 6) is -0.267. The molecule has 1 aliphatic rings. The Labute approximate surface area is 277 Å². The summed E-state index contributed by atoms with van der Waals surface area (Å²) in [6.45, 7) is 0.780. The van der Waals surface area contributed by atoms with Gasteiger partial charge >= 0.3 is 5.97 Å². The summed E-state index contributed by atoms with van der Waals surface area (Å²) in [6.07, 6.45) is 6.48. The van der Waals surface area contributed by atoms with Crippen molar-refractivity contribution in [3.8, 4) is 5.75 Å². The zero-order valence-corrected chi connectivity index (χ0v) is 26.7. The van der Waals surface area contributed by atoms with Gasteiger partial charge in [-0.2, -0.15) is 0 Å². The molecule has 0 saturated carbocycles. The maximum Gasteiger partial charge on any atom is 0.333 e. The lowest BCUT2D eigenvalue weighted by molar-refractivity contribution is -0.148. The molecule has 0 fully saturated rings. The highest BCUT2D eigenvalue weighted by Crippen LogP contribution is 2.37. The van der Waals surface area contributed by atoms with Crippen LogP contribution in [0.4, 0.5) is 0 Å². The van der Waals surface area contributed by atoms with Gasteiger partial charge in [-0.05, 0) is 81.5 Å². The first-order valence-corrected chi connectivity index (χ1v) is 16.2. The second-order valence-electron chi connectivity index (χ2n) is 11.9. The predicted molar refractivity (Wildman–Crippen MR) is 187 cm³/mol. The van der Waals surface area contributed by atoms with Gasteiger partial charge in [-0.3, -0.25) is 0 Å². The summed E-state index contributed by atoms with van der Waals surface area (Å²) in [6, 6.07) is 42.1. The molecule has 0 spiro atoms. The first-order valence-electron chi connectivity index (χ1n) is 16.2. The lowest BCUT2D eigenvalue weighted by atomic mass is 9.92. The minimum atomic E-state index is -0.974. The number of carboxylic acids is 1. The number of aryl methyl sites for hydroxylation is 2. The van der Waals surface area contributed by atoms with Crippen LogP contribution < -0.4 is 4.74 Å². The second-order valence-corrected chi connectivity index (χ2v) is 11.9. The number of benzene rings is 5. The lowest BCUT2D eigenvalue weighted by Gasteiger charge is -2.22. The SMILES string of the molecule is COC(Cc1ccc(OCCOC2c3ccc(CCc4ccccc4)cc3C=Cc3cc(Cc4ccccc4)ccc32)cc1)C(=O)O. The van der Waals surface area contributed by atoms with Gasteiger partial charge in [-0.25, -0.2) is 4.79 Å². The molecule has 0 aromatic heterocycles. The molecular formula is C42H40O5. The van der Waals surface area contributed by atoms with Crippen molar-refractivity contribution in [2.24, 2.45) is 0 Å². The molecular weight excluding hydrogens is 584 g/mol. The Hall–Kier alpha value is -4.97. The molecule has 5 aromatic rings. The van der Waals surface area contributed by atoms with Crippen LogP contribution in [-0.4, -0.2) is 37.5 Å². The monoisotopic (exact) mass is 624 g/mol. The third-order valence-electron chi connectivity index (χ3n) is 8.65. The van der Waals surface area contributed by atoms with Crippen LogP contribution in [-0.2, 0) is 40.0 Å². The Morgan fingerprint density at radius 1 is 0.660 bits per heavy atom. The third kappa shape index (κ3) is 8.44. The van der Waals surface area contributed by atoms with Gasteiger partial charge in [0.05, 0.1) is 6.61 Å². The van der Waals surface area contributed by atoms with Crippen molar-refractivity contribution in [1.29, 1.82) is 0 Å². The number of fused-ring (bicyclic) bond motifs is 2. The number of carboxylic acid groups (broad SMARTS) is 1. The summed E-state index contributed by atoms with van der Waals surface area (Å²) in [4.78, 5) is 11.3. The molecule has 0 saturated heterocycles. The van der Waals surface area contributed by atoms with Crippen LogP contribution in [0.15, 0.2) is 121 Å². The van der Waals surface area contributed by atoms with Crippen molar-refractivity contribution < 1.29 is 24.1 Å². The van der Waals surface area contributed by atoms with Crippen LogP contribution in [0.2, 0.25) is 0 Å².